The van der Waals surface area contributed by atoms with Crippen molar-refractivity contribution >= 4 is 58.4 Å². The molecule has 1 fully saturated rings. The Morgan fingerprint density at radius 3 is 2.39 bits per heavy atom. The lowest BCUT2D eigenvalue weighted by Gasteiger charge is -2.31. The van der Waals surface area contributed by atoms with Gasteiger partial charge in [0.2, 0.25) is 11.8 Å². The van der Waals surface area contributed by atoms with E-state index in [1.54, 1.807) is 35.7 Å². The summed E-state index contributed by atoms with van der Waals surface area (Å²) >= 11 is 19.8. The van der Waals surface area contributed by atoms with Crippen LogP contribution in [0.2, 0.25) is 15.1 Å². The molecule has 0 unspecified atom stereocenters. The van der Waals surface area contributed by atoms with Crippen molar-refractivity contribution in [3.05, 3.63) is 63.1 Å². The van der Waals surface area contributed by atoms with E-state index in [0.717, 1.165) is 36.1 Å². The Kier molecular flexibility index (Phi) is 10.2. The van der Waals surface area contributed by atoms with Gasteiger partial charge in [-0.1, -0.05) is 60.1 Å². The number of amides is 2. The lowest BCUT2D eigenvalue weighted by atomic mass is 9.95. The highest BCUT2D eigenvalue weighted by molar-refractivity contribution is 7.99. The van der Waals surface area contributed by atoms with Gasteiger partial charge in [-0.25, -0.2) is 0 Å². The van der Waals surface area contributed by atoms with Crippen molar-refractivity contribution in [2.75, 3.05) is 5.75 Å². The number of benzene rings is 2. The van der Waals surface area contributed by atoms with Crippen LogP contribution in [0.4, 0.5) is 0 Å². The van der Waals surface area contributed by atoms with Gasteiger partial charge in [0.1, 0.15) is 6.04 Å². The number of nitrogens with one attached hydrogen (secondary N) is 1. The third kappa shape index (κ3) is 8.10. The highest BCUT2D eigenvalue weighted by Crippen LogP contribution is 2.25. The smallest absolute Gasteiger partial charge is 0.242 e. The first kappa shape index (κ1) is 26.2. The summed E-state index contributed by atoms with van der Waals surface area (Å²) in [5, 5.41) is 4.72. The van der Waals surface area contributed by atoms with Gasteiger partial charge < -0.3 is 10.2 Å². The molecule has 1 atom stereocenters. The first-order chi connectivity index (χ1) is 15.8. The number of carbonyl (C=O) groups excluding carboxylic acids is 2. The van der Waals surface area contributed by atoms with Gasteiger partial charge >= 0.3 is 0 Å². The summed E-state index contributed by atoms with van der Waals surface area (Å²) in [5.41, 5.74) is 0.834. The zero-order valence-corrected chi connectivity index (χ0v) is 21.7. The van der Waals surface area contributed by atoms with E-state index in [-0.39, 0.29) is 17.9 Å². The summed E-state index contributed by atoms with van der Waals surface area (Å²) in [6, 6.07) is 12.4. The maximum Gasteiger partial charge on any atom is 0.242 e. The number of nitrogens with zero attached hydrogens (tertiary/aromatic N) is 1. The van der Waals surface area contributed by atoms with Gasteiger partial charge in [-0.2, -0.15) is 0 Å². The van der Waals surface area contributed by atoms with E-state index in [4.69, 9.17) is 34.8 Å². The van der Waals surface area contributed by atoms with E-state index in [1.807, 2.05) is 30.3 Å². The SMILES string of the molecule is C[C@H](C(=O)NC1CCCCC1)N(Cc1ccc(Cl)c(Cl)c1)C(=O)CCSc1ccc(Cl)cc1. The minimum atomic E-state index is -0.589. The van der Waals surface area contributed by atoms with Crippen molar-refractivity contribution in [3.8, 4) is 0 Å². The second kappa shape index (κ2) is 12.9. The molecule has 4 nitrogen and oxygen atoms in total. The Hall–Kier alpha value is -1.40. The quantitative estimate of drug-likeness (QED) is 0.357. The molecule has 2 aromatic carbocycles. The molecule has 0 aromatic heterocycles. The summed E-state index contributed by atoms with van der Waals surface area (Å²) < 4.78 is 0. The van der Waals surface area contributed by atoms with Crippen LogP contribution in [0.5, 0.6) is 0 Å². The first-order valence-electron chi connectivity index (χ1n) is 11.3. The van der Waals surface area contributed by atoms with E-state index in [2.05, 4.69) is 5.32 Å². The number of carbonyl (C=O) groups is 2. The summed E-state index contributed by atoms with van der Waals surface area (Å²) in [6.45, 7) is 2.08. The van der Waals surface area contributed by atoms with Crippen LogP contribution < -0.4 is 5.32 Å². The second-order valence-electron chi connectivity index (χ2n) is 8.34. The highest BCUT2D eigenvalue weighted by atomic mass is 35.5. The largest absolute Gasteiger partial charge is 0.352 e. The Bertz CT molecular complexity index is 949. The van der Waals surface area contributed by atoms with Crippen molar-refractivity contribution < 1.29 is 9.59 Å². The molecule has 1 saturated carbocycles. The van der Waals surface area contributed by atoms with E-state index in [1.165, 1.54) is 6.42 Å². The molecule has 0 saturated heterocycles. The predicted molar refractivity (Wildman–Crippen MR) is 138 cm³/mol. The normalized spacial score (nSPS) is 15.2. The Balaban J connectivity index is 1.67. The fraction of sp³-hybridized carbons (Fsp3) is 0.440. The molecule has 8 heteroatoms. The van der Waals surface area contributed by atoms with Crippen LogP contribution in [0.1, 0.15) is 51.0 Å². The molecule has 178 valence electrons. The van der Waals surface area contributed by atoms with Crippen LogP contribution in [0, 0.1) is 0 Å². The third-order valence-corrected chi connectivity index (χ3v) is 7.86. The molecule has 3 rings (SSSR count). The summed E-state index contributed by atoms with van der Waals surface area (Å²) in [7, 11) is 0. The number of hydrogen-bond donors (Lipinski definition) is 1. The number of thioether (sulfide) groups is 1. The molecule has 1 aliphatic carbocycles. The molecule has 0 spiro atoms. The molecule has 0 bridgehead atoms. The van der Waals surface area contributed by atoms with Gasteiger partial charge in [-0.15, -0.1) is 11.8 Å². The lowest BCUT2D eigenvalue weighted by molar-refractivity contribution is -0.140. The van der Waals surface area contributed by atoms with Crippen LogP contribution in [0.3, 0.4) is 0 Å². The maximum atomic E-state index is 13.2. The van der Waals surface area contributed by atoms with Crippen LogP contribution in [0.15, 0.2) is 47.4 Å². The van der Waals surface area contributed by atoms with Crippen LogP contribution in [-0.2, 0) is 16.1 Å². The second-order valence-corrected chi connectivity index (χ2v) is 10.8. The van der Waals surface area contributed by atoms with Crippen molar-refractivity contribution in [1.29, 1.82) is 0 Å². The van der Waals surface area contributed by atoms with Gasteiger partial charge in [0.05, 0.1) is 10.0 Å². The Labute approximate surface area is 215 Å². The van der Waals surface area contributed by atoms with E-state index < -0.39 is 6.04 Å². The molecule has 0 radical (unpaired) electrons. The molecule has 1 aliphatic rings. The molecule has 1 N–H and O–H groups in total. The topological polar surface area (TPSA) is 49.4 Å². The van der Waals surface area contributed by atoms with Gasteiger partial charge in [0, 0.05) is 34.7 Å². The molecule has 33 heavy (non-hydrogen) atoms. The van der Waals surface area contributed by atoms with Crippen molar-refractivity contribution in [1.82, 2.24) is 10.2 Å². The lowest BCUT2D eigenvalue weighted by Crippen LogP contribution is -2.50. The average Bonchev–Trinajstić information content (AvgIpc) is 2.81. The van der Waals surface area contributed by atoms with E-state index in [0.29, 0.717) is 33.8 Å². The standard InChI is InChI=1S/C25H29Cl3N2O2S/c1-17(25(32)29-20-5-3-2-4-6-20)30(16-18-7-12-22(27)23(28)15-18)24(31)13-14-33-21-10-8-19(26)9-11-21/h7-12,15,17,20H,2-6,13-14,16H2,1H3,(H,29,32)/t17-/m1/s1. The third-order valence-electron chi connectivity index (χ3n) is 5.85. The number of rotatable bonds is 9. The van der Waals surface area contributed by atoms with Gasteiger partial charge in [-0.3, -0.25) is 9.59 Å². The number of halogens is 3. The van der Waals surface area contributed by atoms with Crippen molar-refractivity contribution in [2.45, 2.75) is 69.0 Å². The van der Waals surface area contributed by atoms with Crippen LogP contribution in [-0.4, -0.2) is 34.6 Å². The van der Waals surface area contributed by atoms with Crippen molar-refractivity contribution in [3.63, 3.8) is 0 Å². The van der Waals surface area contributed by atoms with Gasteiger partial charge in [0.15, 0.2) is 0 Å². The predicted octanol–water partition coefficient (Wildman–Crippen LogP) is 7.00. The van der Waals surface area contributed by atoms with Gasteiger partial charge in [-0.05, 0) is 61.7 Å². The molecule has 2 aromatic rings. The van der Waals surface area contributed by atoms with Crippen molar-refractivity contribution in [2.24, 2.45) is 0 Å². The fourth-order valence-electron chi connectivity index (χ4n) is 3.92. The molecule has 2 amide bonds. The van der Waals surface area contributed by atoms with Crippen LogP contribution in [0.25, 0.3) is 0 Å². The first-order valence-corrected chi connectivity index (χ1v) is 13.4. The summed E-state index contributed by atoms with van der Waals surface area (Å²) in [4.78, 5) is 28.9. The zero-order chi connectivity index (χ0) is 23.8. The zero-order valence-electron chi connectivity index (χ0n) is 18.7. The molecular weight excluding hydrogens is 499 g/mol. The Morgan fingerprint density at radius 1 is 1.03 bits per heavy atom. The highest BCUT2D eigenvalue weighted by Gasteiger charge is 2.28. The van der Waals surface area contributed by atoms with E-state index in [9.17, 15) is 9.59 Å². The number of hydrogen-bond acceptors (Lipinski definition) is 3. The minimum absolute atomic E-state index is 0.0752. The molecular formula is C25H29Cl3N2O2S. The minimum Gasteiger partial charge on any atom is -0.352 e. The summed E-state index contributed by atoms with van der Waals surface area (Å²) in [5.74, 6) is 0.421. The monoisotopic (exact) mass is 526 g/mol. The van der Waals surface area contributed by atoms with Gasteiger partial charge in [0.25, 0.3) is 0 Å². The molecule has 0 aliphatic heterocycles. The fourth-order valence-corrected chi connectivity index (χ4v) is 5.20. The Morgan fingerprint density at radius 2 is 1.73 bits per heavy atom. The summed E-state index contributed by atoms with van der Waals surface area (Å²) in [6.07, 6.45) is 5.79. The van der Waals surface area contributed by atoms with Crippen LogP contribution >= 0.6 is 46.6 Å². The maximum absolute atomic E-state index is 13.2. The average molecular weight is 528 g/mol. The molecule has 0 heterocycles. The van der Waals surface area contributed by atoms with E-state index >= 15 is 0 Å².